The second-order valence-electron chi connectivity index (χ2n) is 6.33. The number of phenolic OH excluding ortho intramolecular Hbond substituents is 1. The Balaban J connectivity index is 1.55. The monoisotopic (exact) mass is 350 g/mol. The van der Waals surface area contributed by atoms with Crippen molar-refractivity contribution >= 4 is 23.6 Å². The van der Waals surface area contributed by atoms with Crippen molar-refractivity contribution in [3.8, 4) is 5.75 Å². The van der Waals surface area contributed by atoms with Gasteiger partial charge in [-0.2, -0.15) is 0 Å². The van der Waals surface area contributed by atoms with E-state index < -0.39 is 0 Å². The van der Waals surface area contributed by atoms with Crippen molar-refractivity contribution in [3.63, 3.8) is 0 Å². The molecule has 6 heteroatoms. The Labute approximate surface area is 150 Å². The highest BCUT2D eigenvalue weighted by Crippen LogP contribution is 2.35. The molecule has 0 saturated carbocycles. The minimum atomic E-state index is -0.0262. The van der Waals surface area contributed by atoms with Crippen LogP contribution in [0.2, 0.25) is 0 Å². The van der Waals surface area contributed by atoms with Gasteiger partial charge in [-0.3, -0.25) is 14.6 Å². The van der Waals surface area contributed by atoms with Crippen molar-refractivity contribution in [2.45, 2.75) is 6.42 Å². The molecule has 2 heterocycles. The highest BCUT2D eigenvalue weighted by molar-refractivity contribution is 6.08. The molecule has 4 rings (SSSR count). The molecule has 1 amide bonds. The third-order valence-electron chi connectivity index (χ3n) is 4.79. The van der Waals surface area contributed by atoms with E-state index in [1.54, 1.807) is 23.1 Å². The number of nitrogens with zero attached hydrogens (tertiary/aromatic N) is 2. The Hall–Kier alpha value is -2.99. The molecule has 0 radical (unpaired) electrons. The number of carbonyl (C=O) groups is 2. The molecular weight excluding hydrogens is 332 g/mol. The van der Waals surface area contributed by atoms with Gasteiger partial charge in [-0.1, -0.05) is 12.1 Å². The smallest absolute Gasteiger partial charge is 0.254 e. The number of carbonyl (C=O) groups excluding carboxylic acids is 2. The van der Waals surface area contributed by atoms with Crippen LogP contribution in [0, 0.1) is 0 Å². The van der Waals surface area contributed by atoms with Gasteiger partial charge in [0.1, 0.15) is 5.75 Å². The van der Waals surface area contributed by atoms with E-state index in [-0.39, 0.29) is 11.7 Å². The van der Waals surface area contributed by atoms with Crippen LogP contribution in [0.4, 0.5) is 5.69 Å². The van der Waals surface area contributed by atoms with Gasteiger partial charge in [-0.15, -0.1) is 0 Å². The number of aldehydes is 1. The number of aromatic hydroxyl groups is 1. The number of benzene rings is 2. The summed E-state index contributed by atoms with van der Waals surface area (Å²) in [4.78, 5) is 30.1. The number of ether oxygens (including phenoxy) is 1. The maximum atomic E-state index is 12.5. The lowest BCUT2D eigenvalue weighted by Gasteiger charge is -2.26. The van der Waals surface area contributed by atoms with Crippen LogP contribution in [-0.2, 0) is 11.2 Å². The van der Waals surface area contributed by atoms with Crippen molar-refractivity contribution in [2.75, 3.05) is 26.3 Å². The zero-order valence-corrected chi connectivity index (χ0v) is 14.1. The Kier molecular flexibility index (Phi) is 4.26. The van der Waals surface area contributed by atoms with Gasteiger partial charge in [0, 0.05) is 25.1 Å². The number of hydrogen-bond acceptors (Lipinski definition) is 5. The number of amides is 1. The summed E-state index contributed by atoms with van der Waals surface area (Å²) in [6.45, 7) is 2.37. The van der Waals surface area contributed by atoms with Gasteiger partial charge in [0.15, 0.2) is 6.29 Å². The van der Waals surface area contributed by atoms with E-state index in [1.165, 1.54) is 6.07 Å². The summed E-state index contributed by atoms with van der Waals surface area (Å²) < 4.78 is 5.28. The molecule has 26 heavy (non-hydrogen) atoms. The summed E-state index contributed by atoms with van der Waals surface area (Å²) in [5, 5.41) is 9.82. The molecule has 2 aliphatic heterocycles. The van der Waals surface area contributed by atoms with E-state index in [0.29, 0.717) is 55.8 Å². The first-order chi connectivity index (χ1) is 12.7. The number of phenols is 1. The molecule has 0 unspecified atom stereocenters. The van der Waals surface area contributed by atoms with Gasteiger partial charge in [0.05, 0.1) is 30.2 Å². The van der Waals surface area contributed by atoms with Gasteiger partial charge in [0.25, 0.3) is 5.91 Å². The average molecular weight is 350 g/mol. The van der Waals surface area contributed by atoms with Gasteiger partial charge in [-0.25, -0.2) is 0 Å². The lowest BCUT2D eigenvalue weighted by molar-refractivity contribution is 0.0303. The summed E-state index contributed by atoms with van der Waals surface area (Å²) in [6, 6.07) is 10.5. The molecule has 0 aliphatic carbocycles. The van der Waals surface area contributed by atoms with Crippen LogP contribution in [0.3, 0.4) is 0 Å². The minimum absolute atomic E-state index is 0.00432. The van der Waals surface area contributed by atoms with Crippen molar-refractivity contribution < 1.29 is 19.4 Å². The second-order valence-corrected chi connectivity index (χ2v) is 6.33. The van der Waals surface area contributed by atoms with Crippen LogP contribution >= 0.6 is 0 Å². The molecular formula is C20H18N2O4. The van der Waals surface area contributed by atoms with E-state index in [4.69, 9.17) is 4.74 Å². The van der Waals surface area contributed by atoms with E-state index in [9.17, 15) is 14.7 Å². The van der Waals surface area contributed by atoms with Crippen LogP contribution in [-0.4, -0.2) is 54.2 Å². The highest BCUT2D eigenvalue weighted by Gasteiger charge is 2.22. The van der Waals surface area contributed by atoms with Crippen molar-refractivity contribution in [2.24, 2.45) is 4.99 Å². The predicted octanol–water partition coefficient (Wildman–Crippen LogP) is 2.35. The molecule has 1 N–H and O–H groups in total. The molecule has 0 aromatic heterocycles. The summed E-state index contributed by atoms with van der Waals surface area (Å²) in [5.74, 6) is -0.0219. The van der Waals surface area contributed by atoms with Crippen LogP contribution < -0.4 is 0 Å². The van der Waals surface area contributed by atoms with Gasteiger partial charge < -0.3 is 14.7 Å². The molecule has 2 aliphatic rings. The van der Waals surface area contributed by atoms with Gasteiger partial charge in [-0.05, 0) is 35.4 Å². The zero-order valence-electron chi connectivity index (χ0n) is 14.1. The first kappa shape index (κ1) is 16.5. The number of morpholine rings is 1. The number of rotatable bonds is 3. The van der Waals surface area contributed by atoms with Crippen LogP contribution in [0.1, 0.15) is 31.8 Å². The largest absolute Gasteiger partial charge is 0.507 e. The first-order valence-electron chi connectivity index (χ1n) is 8.52. The normalized spacial score (nSPS) is 16.2. The molecule has 132 valence electrons. The Bertz CT molecular complexity index is 897. The van der Waals surface area contributed by atoms with E-state index in [0.717, 1.165) is 16.8 Å². The maximum Gasteiger partial charge on any atom is 0.254 e. The van der Waals surface area contributed by atoms with E-state index >= 15 is 0 Å². The van der Waals surface area contributed by atoms with Crippen LogP contribution in [0.15, 0.2) is 41.4 Å². The Morgan fingerprint density at radius 3 is 2.54 bits per heavy atom. The quantitative estimate of drug-likeness (QED) is 0.862. The second kappa shape index (κ2) is 6.72. The molecule has 2 aromatic carbocycles. The third kappa shape index (κ3) is 2.88. The highest BCUT2D eigenvalue weighted by atomic mass is 16.5. The summed E-state index contributed by atoms with van der Waals surface area (Å²) in [6.07, 6.45) is 1.14. The molecule has 0 bridgehead atoms. The predicted molar refractivity (Wildman–Crippen MR) is 96.6 cm³/mol. The number of hydrogen-bond donors (Lipinski definition) is 1. The SMILES string of the molecule is O=Cc1c(O)ccc2c1CC(c1ccc(C(=O)N3CCOCC3)cc1)=N2. The van der Waals surface area contributed by atoms with Crippen molar-refractivity contribution in [1.29, 1.82) is 0 Å². The first-order valence-corrected chi connectivity index (χ1v) is 8.52. The molecule has 0 atom stereocenters. The molecule has 2 aromatic rings. The standard InChI is InChI=1S/C20H18N2O4/c23-12-16-15-11-18(21-17(15)5-6-19(16)24)13-1-3-14(4-2-13)20(25)22-7-9-26-10-8-22/h1-6,12,24H,7-11H2. The van der Waals surface area contributed by atoms with Crippen LogP contribution in [0.25, 0.3) is 0 Å². The third-order valence-corrected chi connectivity index (χ3v) is 4.79. The fourth-order valence-corrected chi connectivity index (χ4v) is 3.34. The summed E-state index contributed by atoms with van der Waals surface area (Å²) >= 11 is 0. The zero-order chi connectivity index (χ0) is 18.1. The minimum Gasteiger partial charge on any atom is -0.507 e. The fraction of sp³-hybridized carbons (Fsp3) is 0.250. The Morgan fingerprint density at radius 2 is 1.85 bits per heavy atom. The van der Waals surface area contributed by atoms with Gasteiger partial charge in [0.2, 0.25) is 0 Å². The van der Waals surface area contributed by atoms with Crippen LogP contribution in [0.5, 0.6) is 5.75 Å². The Morgan fingerprint density at radius 1 is 1.12 bits per heavy atom. The maximum absolute atomic E-state index is 12.5. The molecule has 1 saturated heterocycles. The average Bonchev–Trinajstić information content (AvgIpc) is 3.12. The summed E-state index contributed by atoms with van der Waals surface area (Å²) in [7, 11) is 0. The lowest BCUT2D eigenvalue weighted by Crippen LogP contribution is -2.40. The summed E-state index contributed by atoms with van der Waals surface area (Å²) in [5.41, 5.74) is 4.09. The number of aliphatic imine (C=N–C) groups is 1. The lowest BCUT2D eigenvalue weighted by atomic mass is 9.99. The van der Waals surface area contributed by atoms with E-state index in [2.05, 4.69) is 4.99 Å². The fourth-order valence-electron chi connectivity index (χ4n) is 3.34. The molecule has 0 spiro atoms. The topological polar surface area (TPSA) is 79.2 Å². The van der Waals surface area contributed by atoms with Crippen molar-refractivity contribution in [1.82, 2.24) is 4.90 Å². The van der Waals surface area contributed by atoms with Crippen molar-refractivity contribution in [3.05, 3.63) is 58.7 Å². The van der Waals surface area contributed by atoms with E-state index in [1.807, 2.05) is 12.1 Å². The molecule has 6 nitrogen and oxygen atoms in total. The number of fused-ring (bicyclic) bond motifs is 1. The van der Waals surface area contributed by atoms with Gasteiger partial charge >= 0.3 is 0 Å². The molecule has 1 fully saturated rings.